The fraction of sp³-hybridized carbons (Fsp3) is 0.222. The predicted octanol–water partition coefficient (Wildman–Crippen LogP) is 3.69. The fourth-order valence-electron chi connectivity index (χ4n) is 0.975. The van der Waals surface area contributed by atoms with E-state index in [1.54, 1.807) is 0 Å². The number of alkyl halides is 5. The van der Waals surface area contributed by atoms with Crippen LogP contribution >= 0.6 is 23.2 Å². The first kappa shape index (κ1) is 12.3. The molecule has 0 fully saturated rings. The quantitative estimate of drug-likeness (QED) is 0.583. The average molecular weight is 257 g/mol. The highest BCUT2D eigenvalue weighted by Crippen LogP contribution is 2.30. The molecule has 0 N–H and O–H groups in total. The monoisotopic (exact) mass is 256 g/mol. The predicted molar refractivity (Wildman–Crippen MR) is 51.3 cm³/mol. The number of halogens is 5. The van der Waals surface area contributed by atoms with Crippen molar-refractivity contribution < 1.29 is 18.0 Å². The maximum absolute atomic E-state index is 12.3. The van der Waals surface area contributed by atoms with Crippen LogP contribution in [0.5, 0.6) is 0 Å². The lowest BCUT2D eigenvalue weighted by molar-refractivity contribution is -0.137. The van der Waals surface area contributed by atoms with Crippen LogP contribution in [0.3, 0.4) is 0 Å². The highest BCUT2D eigenvalue weighted by atomic mass is 35.5. The molecule has 0 aliphatic heterocycles. The molecule has 0 radical (unpaired) electrons. The number of carbonyl (C=O) groups is 1. The highest BCUT2D eigenvalue weighted by Gasteiger charge is 2.31. The van der Waals surface area contributed by atoms with Crippen molar-refractivity contribution in [1.29, 1.82) is 0 Å². The molecule has 0 saturated carbocycles. The van der Waals surface area contributed by atoms with Crippen LogP contribution in [-0.4, -0.2) is 10.6 Å². The lowest BCUT2D eigenvalue weighted by Gasteiger charge is -2.08. The molecule has 0 aromatic heterocycles. The van der Waals surface area contributed by atoms with Crippen LogP contribution in [0.1, 0.15) is 15.9 Å². The number of hydrogen-bond acceptors (Lipinski definition) is 1. The zero-order valence-corrected chi connectivity index (χ0v) is 8.70. The van der Waals surface area contributed by atoms with Crippen LogP contribution < -0.4 is 0 Å². The molecule has 15 heavy (non-hydrogen) atoms. The Hall–Kier alpha value is -0.740. The summed E-state index contributed by atoms with van der Waals surface area (Å²) in [5, 5.41) is 0. The van der Waals surface area contributed by atoms with Gasteiger partial charge < -0.3 is 0 Å². The van der Waals surface area contributed by atoms with E-state index in [1.165, 1.54) is 6.07 Å². The van der Waals surface area contributed by atoms with Gasteiger partial charge in [0.15, 0.2) is 10.6 Å². The van der Waals surface area contributed by atoms with Gasteiger partial charge >= 0.3 is 6.18 Å². The van der Waals surface area contributed by atoms with Gasteiger partial charge in [-0.25, -0.2) is 0 Å². The molecule has 0 spiro atoms. The first-order valence-electron chi connectivity index (χ1n) is 3.82. The molecule has 0 heterocycles. The van der Waals surface area contributed by atoms with Crippen LogP contribution in [0.4, 0.5) is 13.2 Å². The summed E-state index contributed by atoms with van der Waals surface area (Å²) in [7, 11) is 0. The molecule has 1 aromatic carbocycles. The Kier molecular flexibility index (Phi) is 3.62. The number of benzene rings is 1. The summed E-state index contributed by atoms with van der Waals surface area (Å²) in [6.45, 7) is 0. The Morgan fingerprint density at radius 1 is 1.27 bits per heavy atom. The molecule has 0 aliphatic rings. The topological polar surface area (TPSA) is 17.1 Å². The van der Waals surface area contributed by atoms with E-state index >= 15 is 0 Å². The van der Waals surface area contributed by atoms with Crippen LogP contribution in [0, 0.1) is 0 Å². The molecule has 0 amide bonds. The van der Waals surface area contributed by atoms with Gasteiger partial charge in [0.1, 0.15) is 0 Å². The summed E-state index contributed by atoms with van der Waals surface area (Å²) in [6, 6.07) is 3.95. The van der Waals surface area contributed by atoms with E-state index in [0.717, 1.165) is 18.2 Å². The van der Waals surface area contributed by atoms with Crippen molar-refractivity contribution >= 4 is 29.0 Å². The number of ketones is 1. The fourth-order valence-corrected chi connectivity index (χ4v) is 1.23. The van der Waals surface area contributed by atoms with Gasteiger partial charge in [0.25, 0.3) is 0 Å². The van der Waals surface area contributed by atoms with Gasteiger partial charge in [-0.15, -0.1) is 0 Å². The molecule has 0 unspecified atom stereocenters. The SMILES string of the molecule is O=C(c1cccc(C(F)(F)F)c1)C(Cl)Cl. The van der Waals surface area contributed by atoms with Gasteiger partial charge in [-0.3, -0.25) is 4.79 Å². The van der Waals surface area contributed by atoms with Crippen molar-refractivity contribution in [3.8, 4) is 0 Å². The first-order valence-corrected chi connectivity index (χ1v) is 4.69. The minimum atomic E-state index is -4.48. The van der Waals surface area contributed by atoms with Crippen molar-refractivity contribution in [3.63, 3.8) is 0 Å². The number of carbonyl (C=O) groups excluding carboxylic acids is 1. The van der Waals surface area contributed by atoms with Gasteiger partial charge in [0.05, 0.1) is 5.56 Å². The molecule has 1 rings (SSSR count). The lowest BCUT2D eigenvalue weighted by atomic mass is 10.1. The van der Waals surface area contributed by atoms with Gasteiger partial charge in [-0.2, -0.15) is 13.2 Å². The minimum Gasteiger partial charge on any atom is -0.291 e. The summed E-state index contributed by atoms with van der Waals surface area (Å²) in [5.74, 6) is -0.746. The molecule has 1 nitrogen and oxygen atoms in total. The highest BCUT2D eigenvalue weighted by molar-refractivity contribution is 6.55. The van der Waals surface area contributed by atoms with Gasteiger partial charge in [0.2, 0.25) is 0 Å². The van der Waals surface area contributed by atoms with E-state index in [9.17, 15) is 18.0 Å². The molecule has 0 bridgehead atoms. The summed E-state index contributed by atoms with van der Waals surface area (Å²) in [6.07, 6.45) is -4.48. The minimum absolute atomic E-state index is 0.153. The van der Waals surface area contributed by atoms with Gasteiger partial charge in [-0.05, 0) is 12.1 Å². The van der Waals surface area contributed by atoms with Crippen LogP contribution in [0.25, 0.3) is 0 Å². The standard InChI is InChI=1S/C9H5Cl2F3O/c10-8(11)7(15)5-2-1-3-6(4-5)9(12,13)14/h1-4,8H. The molecule has 0 atom stereocenters. The third-order valence-electron chi connectivity index (χ3n) is 1.67. The second kappa shape index (κ2) is 4.41. The van der Waals surface area contributed by atoms with Crippen molar-refractivity contribution in [2.75, 3.05) is 0 Å². The Morgan fingerprint density at radius 2 is 1.87 bits per heavy atom. The Labute approximate surface area is 93.8 Å². The summed E-state index contributed by atoms with van der Waals surface area (Å²) in [4.78, 5) is 9.84. The zero-order chi connectivity index (χ0) is 11.6. The molecule has 82 valence electrons. The van der Waals surface area contributed by atoms with Crippen LogP contribution in [-0.2, 0) is 6.18 Å². The summed E-state index contributed by atoms with van der Waals surface area (Å²) in [5.41, 5.74) is -1.05. The third-order valence-corrected chi connectivity index (χ3v) is 2.07. The van der Waals surface area contributed by atoms with E-state index in [0.29, 0.717) is 0 Å². The number of rotatable bonds is 2. The Bertz CT molecular complexity index is 374. The molecule has 1 aromatic rings. The van der Waals surface area contributed by atoms with E-state index in [4.69, 9.17) is 23.2 Å². The second-order valence-corrected chi connectivity index (χ2v) is 3.84. The van der Waals surface area contributed by atoms with E-state index in [-0.39, 0.29) is 5.56 Å². The number of hydrogen-bond donors (Lipinski definition) is 0. The normalized spacial score (nSPS) is 11.9. The van der Waals surface area contributed by atoms with Crippen molar-refractivity contribution in [2.45, 2.75) is 11.0 Å². The van der Waals surface area contributed by atoms with E-state index < -0.39 is 22.4 Å². The molecule has 0 aliphatic carbocycles. The van der Waals surface area contributed by atoms with Crippen LogP contribution in [0.2, 0.25) is 0 Å². The van der Waals surface area contributed by atoms with Gasteiger partial charge in [0, 0.05) is 5.56 Å². The largest absolute Gasteiger partial charge is 0.416 e. The third kappa shape index (κ3) is 3.11. The molecular weight excluding hydrogens is 252 g/mol. The van der Waals surface area contributed by atoms with Crippen LogP contribution in [0.15, 0.2) is 24.3 Å². The average Bonchev–Trinajstić information content (AvgIpc) is 2.15. The smallest absolute Gasteiger partial charge is 0.291 e. The van der Waals surface area contributed by atoms with Crippen molar-refractivity contribution in [1.82, 2.24) is 0 Å². The van der Waals surface area contributed by atoms with Crippen molar-refractivity contribution in [3.05, 3.63) is 35.4 Å². The molecule has 6 heteroatoms. The lowest BCUT2D eigenvalue weighted by Crippen LogP contribution is -2.11. The maximum atomic E-state index is 12.3. The number of Topliss-reactive ketones (excluding diaryl/α,β-unsaturated/α-hetero) is 1. The van der Waals surface area contributed by atoms with E-state index in [1.807, 2.05) is 0 Å². The Balaban J connectivity index is 3.09. The summed E-state index contributed by atoms with van der Waals surface area (Å²) < 4.78 is 36.8. The first-order chi connectivity index (χ1) is 6.82. The van der Waals surface area contributed by atoms with E-state index in [2.05, 4.69) is 0 Å². The second-order valence-electron chi connectivity index (χ2n) is 2.74. The van der Waals surface area contributed by atoms with Crippen molar-refractivity contribution in [2.24, 2.45) is 0 Å². The van der Waals surface area contributed by atoms with Gasteiger partial charge in [-0.1, -0.05) is 35.3 Å². The summed E-state index contributed by atoms with van der Waals surface area (Å²) >= 11 is 10.5. The zero-order valence-electron chi connectivity index (χ0n) is 7.18. The molecular formula is C9H5Cl2F3O. The molecule has 0 saturated heterocycles. The maximum Gasteiger partial charge on any atom is 0.416 e. The Morgan fingerprint density at radius 3 is 2.33 bits per heavy atom.